The zero-order valence-corrected chi connectivity index (χ0v) is 18.3. The molecule has 0 saturated carbocycles. The van der Waals surface area contributed by atoms with E-state index in [1.165, 1.54) is 4.31 Å². The molecule has 1 aliphatic rings. The molecule has 0 bridgehead atoms. The number of amides is 1. The zero-order valence-electron chi connectivity index (χ0n) is 17.5. The second-order valence-electron chi connectivity index (χ2n) is 6.90. The number of carboxylic acids is 1. The summed E-state index contributed by atoms with van der Waals surface area (Å²) in [6.07, 6.45) is -4.14. The van der Waals surface area contributed by atoms with Crippen molar-refractivity contribution in [2.45, 2.75) is 37.8 Å². The minimum atomic E-state index is -5.08. The highest BCUT2D eigenvalue weighted by atomic mass is 32.2. The molecule has 0 aromatic heterocycles. The number of alkyl halides is 3. The Bertz CT molecular complexity index is 823. The van der Waals surface area contributed by atoms with E-state index < -0.39 is 22.2 Å². The molecule has 0 unspecified atom stereocenters. The van der Waals surface area contributed by atoms with Crippen molar-refractivity contribution in [1.82, 2.24) is 14.5 Å². The number of carbonyl (C=O) groups excluding carboxylic acids is 1. The van der Waals surface area contributed by atoms with Gasteiger partial charge in [-0.3, -0.25) is 4.79 Å². The number of benzene rings is 1. The number of nitrogens with zero attached hydrogens (tertiary/aromatic N) is 2. The maximum Gasteiger partial charge on any atom is 0.490 e. The average molecular weight is 468 g/mol. The van der Waals surface area contributed by atoms with Gasteiger partial charge in [0.25, 0.3) is 0 Å². The Hall–Kier alpha value is -2.18. The number of hydrogen-bond donors (Lipinski definition) is 2. The Morgan fingerprint density at radius 3 is 2.10 bits per heavy atom. The lowest BCUT2D eigenvalue weighted by Crippen LogP contribution is -2.47. The summed E-state index contributed by atoms with van der Waals surface area (Å²) in [6.45, 7) is 7.49. The number of aliphatic carboxylic acids is 1. The predicted molar refractivity (Wildman–Crippen MR) is 108 cm³/mol. The fourth-order valence-electron chi connectivity index (χ4n) is 2.75. The summed E-state index contributed by atoms with van der Waals surface area (Å²) in [5, 5.41) is 10.3. The molecule has 1 amide bonds. The van der Waals surface area contributed by atoms with Gasteiger partial charge in [-0.2, -0.15) is 17.5 Å². The van der Waals surface area contributed by atoms with E-state index >= 15 is 0 Å². The number of piperazine rings is 1. The molecule has 0 atom stereocenters. The van der Waals surface area contributed by atoms with Crippen LogP contribution in [0.4, 0.5) is 13.2 Å². The van der Waals surface area contributed by atoms with Gasteiger partial charge in [0.2, 0.25) is 15.9 Å². The van der Waals surface area contributed by atoms with Gasteiger partial charge in [-0.25, -0.2) is 13.2 Å². The number of nitrogens with one attached hydrogen (secondary N) is 1. The van der Waals surface area contributed by atoms with E-state index in [1.54, 1.807) is 29.2 Å². The molecule has 1 aromatic carbocycles. The molecule has 31 heavy (non-hydrogen) atoms. The lowest BCUT2D eigenvalue weighted by molar-refractivity contribution is -0.192. The molecule has 8 nitrogen and oxygen atoms in total. The normalized spacial score (nSPS) is 14.7. The van der Waals surface area contributed by atoms with E-state index in [-0.39, 0.29) is 23.8 Å². The fraction of sp³-hybridized carbons (Fsp3) is 0.579. The summed E-state index contributed by atoms with van der Waals surface area (Å²) in [4.78, 5) is 23.3. The summed E-state index contributed by atoms with van der Waals surface area (Å²) in [5.41, 5.74) is 1.02. The largest absolute Gasteiger partial charge is 0.490 e. The molecule has 1 fully saturated rings. The van der Waals surface area contributed by atoms with E-state index in [4.69, 9.17) is 9.90 Å². The molecule has 0 radical (unpaired) electrons. The van der Waals surface area contributed by atoms with Crippen LogP contribution in [0, 0.1) is 6.92 Å². The monoisotopic (exact) mass is 467 g/mol. The number of carboxylic acid groups (broad SMARTS) is 1. The lowest BCUT2D eigenvalue weighted by Gasteiger charge is -2.28. The van der Waals surface area contributed by atoms with E-state index in [2.05, 4.69) is 5.32 Å². The standard InChI is InChI=1S/C17H27N3O3S.C2HF3O2/c1-3-11-20(12-8-17(21)19-13-9-18-10-14-19)24(22,23)16-6-4-15(2)5-7-16;3-2(4,5)1(6)7/h4-7,18H,3,8-14H2,1-2H3;(H,6,7). The average Bonchev–Trinajstić information content (AvgIpc) is 2.71. The van der Waals surface area contributed by atoms with Crippen LogP contribution in [-0.4, -0.2) is 80.1 Å². The van der Waals surface area contributed by atoms with Gasteiger partial charge in [0.1, 0.15) is 0 Å². The molecular formula is C19H28F3N3O5S. The zero-order chi connectivity index (χ0) is 23.7. The van der Waals surface area contributed by atoms with Gasteiger partial charge in [0.15, 0.2) is 0 Å². The first-order valence-electron chi connectivity index (χ1n) is 9.75. The summed E-state index contributed by atoms with van der Waals surface area (Å²) in [5.74, 6) is -2.73. The molecule has 12 heteroatoms. The van der Waals surface area contributed by atoms with Gasteiger partial charge >= 0.3 is 12.1 Å². The van der Waals surface area contributed by atoms with Crippen molar-refractivity contribution in [3.63, 3.8) is 0 Å². The van der Waals surface area contributed by atoms with E-state index in [9.17, 15) is 26.4 Å². The number of sulfonamides is 1. The van der Waals surface area contributed by atoms with Gasteiger partial charge in [0.05, 0.1) is 4.90 Å². The quantitative estimate of drug-likeness (QED) is 0.634. The lowest BCUT2D eigenvalue weighted by atomic mass is 10.2. The third-order valence-corrected chi connectivity index (χ3v) is 6.33. The smallest absolute Gasteiger partial charge is 0.475 e. The van der Waals surface area contributed by atoms with E-state index in [1.807, 2.05) is 13.8 Å². The van der Waals surface area contributed by atoms with Gasteiger partial charge in [-0.15, -0.1) is 0 Å². The van der Waals surface area contributed by atoms with Gasteiger partial charge in [0, 0.05) is 45.7 Å². The Balaban J connectivity index is 0.000000592. The van der Waals surface area contributed by atoms with Crippen molar-refractivity contribution in [3.8, 4) is 0 Å². The molecule has 1 aromatic rings. The molecule has 0 spiro atoms. The fourth-order valence-corrected chi connectivity index (χ4v) is 4.29. The Labute approximate surface area is 180 Å². The molecular weight excluding hydrogens is 439 g/mol. The van der Waals surface area contributed by atoms with Crippen molar-refractivity contribution in [2.75, 3.05) is 39.3 Å². The predicted octanol–water partition coefficient (Wildman–Crippen LogP) is 1.85. The van der Waals surface area contributed by atoms with Crippen molar-refractivity contribution in [1.29, 1.82) is 0 Å². The van der Waals surface area contributed by atoms with Crippen LogP contribution >= 0.6 is 0 Å². The van der Waals surface area contributed by atoms with E-state index in [0.29, 0.717) is 26.1 Å². The van der Waals surface area contributed by atoms with Crippen LogP contribution in [0.2, 0.25) is 0 Å². The van der Waals surface area contributed by atoms with Gasteiger partial charge < -0.3 is 15.3 Å². The SMILES string of the molecule is CCCN(CCC(=O)N1CCNCC1)S(=O)(=O)c1ccc(C)cc1.O=C(O)C(F)(F)F. The van der Waals surface area contributed by atoms with Crippen molar-refractivity contribution >= 4 is 21.9 Å². The van der Waals surface area contributed by atoms with Crippen LogP contribution in [0.15, 0.2) is 29.2 Å². The summed E-state index contributed by atoms with van der Waals surface area (Å²) in [6, 6.07) is 6.85. The van der Waals surface area contributed by atoms with Crippen LogP contribution in [0.25, 0.3) is 0 Å². The molecule has 1 heterocycles. The van der Waals surface area contributed by atoms with Crippen LogP contribution in [0.3, 0.4) is 0 Å². The minimum absolute atomic E-state index is 0.0247. The summed E-state index contributed by atoms with van der Waals surface area (Å²) >= 11 is 0. The van der Waals surface area contributed by atoms with Crippen LogP contribution < -0.4 is 5.32 Å². The van der Waals surface area contributed by atoms with Crippen LogP contribution in [0.5, 0.6) is 0 Å². The molecule has 176 valence electrons. The maximum atomic E-state index is 12.8. The van der Waals surface area contributed by atoms with Crippen molar-refractivity contribution in [2.24, 2.45) is 0 Å². The summed E-state index contributed by atoms with van der Waals surface area (Å²) in [7, 11) is -3.56. The van der Waals surface area contributed by atoms with Crippen LogP contribution in [-0.2, 0) is 19.6 Å². The van der Waals surface area contributed by atoms with Gasteiger partial charge in [-0.1, -0.05) is 24.6 Å². The van der Waals surface area contributed by atoms with E-state index in [0.717, 1.165) is 18.7 Å². The molecule has 1 aliphatic heterocycles. The van der Waals surface area contributed by atoms with Gasteiger partial charge in [-0.05, 0) is 25.5 Å². The summed E-state index contributed by atoms with van der Waals surface area (Å²) < 4.78 is 58.8. The third kappa shape index (κ3) is 8.83. The van der Waals surface area contributed by atoms with Crippen molar-refractivity contribution < 1.29 is 36.3 Å². The minimum Gasteiger partial charge on any atom is -0.475 e. The Kier molecular flexibility index (Phi) is 10.4. The second-order valence-corrected chi connectivity index (χ2v) is 8.84. The molecule has 2 rings (SSSR count). The highest BCUT2D eigenvalue weighted by Crippen LogP contribution is 2.17. The van der Waals surface area contributed by atoms with Crippen LogP contribution in [0.1, 0.15) is 25.3 Å². The number of carbonyl (C=O) groups is 2. The molecule has 2 N–H and O–H groups in total. The number of hydrogen-bond acceptors (Lipinski definition) is 5. The maximum absolute atomic E-state index is 12.8. The third-order valence-electron chi connectivity index (χ3n) is 4.42. The Morgan fingerprint density at radius 2 is 1.65 bits per heavy atom. The number of rotatable bonds is 7. The highest BCUT2D eigenvalue weighted by molar-refractivity contribution is 7.89. The number of halogens is 3. The molecule has 0 aliphatic carbocycles. The first kappa shape index (κ1) is 26.9. The second kappa shape index (κ2) is 12.0. The van der Waals surface area contributed by atoms with Crippen molar-refractivity contribution in [3.05, 3.63) is 29.8 Å². The Morgan fingerprint density at radius 1 is 1.13 bits per heavy atom. The highest BCUT2D eigenvalue weighted by Gasteiger charge is 2.38. The first-order chi connectivity index (χ1) is 14.4. The number of aryl methyl sites for hydroxylation is 1. The topological polar surface area (TPSA) is 107 Å². The molecule has 1 saturated heterocycles. The first-order valence-corrected chi connectivity index (χ1v) is 11.2.